The zero-order valence-corrected chi connectivity index (χ0v) is 14.7. The molecule has 0 saturated carbocycles. The number of hydrogen-bond donors (Lipinski definition) is 0. The lowest BCUT2D eigenvalue weighted by Gasteiger charge is -2.16. The number of ether oxygens (including phenoxy) is 1. The molecule has 0 aliphatic carbocycles. The van der Waals surface area contributed by atoms with Crippen LogP contribution < -0.4 is 0 Å². The molecule has 2 aromatic carbocycles. The summed E-state index contributed by atoms with van der Waals surface area (Å²) in [6, 6.07) is 9.97. The van der Waals surface area contributed by atoms with Gasteiger partial charge in [-0.3, -0.25) is 0 Å². The first-order chi connectivity index (χ1) is 12.4. The van der Waals surface area contributed by atoms with Crippen molar-refractivity contribution < 1.29 is 31.1 Å². The van der Waals surface area contributed by atoms with Crippen molar-refractivity contribution in [2.45, 2.75) is 12.4 Å². The van der Waals surface area contributed by atoms with Crippen LogP contribution in [-0.2, 0) is 4.74 Å². The first-order valence-corrected chi connectivity index (χ1v) is 7.97. The average Bonchev–Trinajstić information content (AvgIpc) is 2.52. The molecule has 2 aromatic rings. The van der Waals surface area contributed by atoms with Crippen LogP contribution in [0.1, 0.15) is 11.1 Å². The number of hydrogen-bond acceptors (Lipinski definition) is 1. The van der Waals surface area contributed by atoms with E-state index in [1.165, 1.54) is 48.5 Å². The molecule has 0 amide bonds. The number of alkyl halides is 6. The third kappa shape index (κ3) is 7.19. The van der Waals surface area contributed by atoms with Crippen molar-refractivity contribution in [2.24, 2.45) is 0 Å². The van der Waals surface area contributed by atoms with Gasteiger partial charge in [0.05, 0.1) is 12.2 Å². The van der Waals surface area contributed by atoms with Gasteiger partial charge in [0.25, 0.3) is 0 Å². The van der Waals surface area contributed by atoms with Gasteiger partial charge < -0.3 is 4.74 Å². The van der Waals surface area contributed by atoms with Crippen LogP contribution in [0.15, 0.2) is 60.7 Å². The molecule has 1 nitrogen and oxygen atoms in total. The third-order valence-electron chi connectivity index (χ3n) is 3.07. The lowest BCUT2D eigenvalue weighted by molar-refractivity contribution is -0.0803. The second kappa shape index (κ2) is 8.27. The largest absolute Gasteiger partial charge is 0.456 e. The zero-order chi connectivity index (χ0) is 20.2. The van der Waals surface area contributed by atoms with E-state index in [2.05, 4.69) is 0 Å². The molecule has 9 heteroatoms. The smallest absolute Gasteiger partial charge is 0.413 e. The maximum Gasteiger partial charge on any atom is 0.413 e. The van der Waals surface area contributed by atoms with Gasteiger partial charge in [-0.1, -0.05) is 23.2 Å². The van der Waals surface area contributed by atoms with Crippen molar-refractivity contribution >= 4 is 34.7 Å². The Morgan fingerprint density at radius 3 is 1.19 bits per heavy atom. The van der Waals surface area contributed by atoms with Crippen LogP contribution in [0.4, 0.5) is 26.3 Å². The zero-order valence-electron chi connectivity index (χ0n) is 13.2. The highest BCUT2D eigenvalue weighted by atomic mass is 35.5. The number of benzene rings is 2. The van der Waals surface area contributed by atoms with Gasteiger partial charge in [0.2, 0.25) is 0 Å². The van der Waals surface area contributed by atoms with Gasteiger partial charge in [-0.15, -0.1) is 0 Å². The lowest BCUT2D eigenvalue weighted by Crippen LogP contribution is -2.08. The Labute approximate surface area is 160 Å². The van der Waals surface area contributed by atoms with E-state index in [-0.39, 0.29) is 33.3 Å². The van der Waals surface area contributed by atoms with Crippen LogP contribution in [0.25, 0.3) is 11.5 Å². The van der Waals surface area contributed by atoms with Crippen LogP contribution in [0.3, 0.4) is 0 Å². The molecule has 0 heterocycles. The summed E-state index contributed by atoms with van der Waals surface area (Å²) in [5.41, 5.74) is -0.197. The van der Waals surface area contributed by atoms with Gasteiger partial charge >= 0.3 is 12.4 Å². The average molecular weight is 427 g/mol. The first kappa shape index (κ1) is 21.2. The van der Waals surface area contributed by atoms with E-state index >= 15 is 0 Å². The second-order valence-corrected chi connectivity index (χ2v) is 6.09. The van der Waals surface area contributed by atoms with Gasteiger partial charge in [-0.25, -0.2) is 0 Å². The summed E-state index contributed by atoms with van der Waals surface area (Å²) in [4.78, 5) is 0. The summed E-state index contributed by atoms with van der Waals surface area (Å²) in [6.07, 6.45) is -10.1. The van der Waals surface area contributed by atoms with Gasteiger partial charge in [-0.2, -0.15) is 26.3 Å². The normalized spacial score (nSPS) is 13.6. The molecule has 0 spiro atoms. The molecular formula is C18H10Cl2F6O. The van der Waals surface area contributed by atoms with E-state index in [4.69, 9.17) is 27.9 Å². The van der Waals surface area contributed by atoms with Crippen molar-refractivity contribution in [3.63, 3.8) is 0 Å². The quantitative estimate of drug-likeness (QED) is 0.362. The van der Waals surface area contributed by atoms with Crippen molar-refractivity contribution in [1.29, 1.82) is 0 Å². The Balaban J connectivity index is 2.52. The van der Waals surface area contributed by atoms with E-state index in [0.717, 1.165) is 0 Å². The predicted octanol–water partition coefficient (Wildman–Crippen LogP) is 7.52. The topological polar surface area (TPSA) is 9.23 Å². The minimum absolute atomic E-state index is 0.0984. The molecular weight excluding hydrogens is 417 g/mol. The van der Waals surface area contributed by atoms with Crippen LogP contribution in [-0.4, -0.2) is 12.4 Å². The molecule has 0 bridgehead atoms. The van der Waals surface area contributed by atoms with Crippen LogP contribution in [0.5, 0.6) is 0 Å². The molecule has 0 radical (unpaired) electrons. The molecule has 2 rings (SSSR count). The van der Waals surface area contributed by atoms with Crippen molar-refractivity contribution in [2.75, 3.05) is 0 Å². The van der Waals surface area contributed by atoms with Gasteiger partial charge in [0.1, 0.15) is 11.5 Å². The minimum atomic E-state index is -4.82. The van der Waals surface area contributed by atoms with Crippen molar-refractivity contribution in [3.05, 3.63) is 81.9 Å². The Kier molecular flexibility index (Phi) is 6.49. The van der Waals surface area contributed by atoms with Gasteiger partial charge in [0, 0.05) is 21.2 Å². The molecule has 0 N–H and O–H groups in total. The number of rotatable bonds is 4. The van der Waals surface area contributed by atoms with Crippen LogP contribution in [0, 0.1) is 0 Å². The molecule has 0 atom stereocenters. The number of halogens is 8. The first-order valence-electron chi connectivity index (χ1n) is 7.22. The Morgan fingerprint density at radius 1 is 0.630 bits per heavy atom. The molecule has 0 aliphatic heterocycles. The maximum absolute atomic E-state index is 12.9. The maximum atomic E-state index is 12.9. The molecule has 27 heavy (non-hydrogen) atoms. The highest BCUT2D eigenvalue weighted by molar-refractivity contribution is 6.30. The molecule has 0 saturated heterocycles. The summed E-state index contributed by atoms with van der Waals surface area (Å²) >= 11 is 11.4. The van der Waals surface area contributed by atoms with Crippen LogP contribution >= 0.6 is 23.2 Å². The fraction of sp³-hybridized carbons (Fsp3) is 0.111. The lowest BCUT2D eigenvalue weighted by atomic mass is 10.1. The van der Waals surface area contributed by atoms with Gasteiger partial charge in [0.15, 0.2) is 0 Å². The molecule has 0 fully saturated rings. The molecule has 0 aliphatic rings. The van der Waals surface area contributed by atoms with E-state index in [1.807, 2.05) is 0 Å². The minimum Gasteiger partial charge on any atom is -0.456 e. The fourth-order valence-electron chi connectivity index (χ4n) is 1.99. The standard InChI is InChI=1S/C18H10Cl2F6O/c19-13-5-1-11(2-6-13)15(9-17(21,22)23)27-16(10-18(24,25)26)12-3-7-14(20)8-4-12/h1-10H. The highest BCUT2D eigenvalue weighted by Crippen LogP contribution is 2.33. The van der Waals surface area contributed by atoms with E-state index in [1.54, 1.807) is 0 Å². The second-order valence-electron chi connectivity index (χ2n) is 5.22. The van der Waals surface area contributed by atoms with E-state index in [0.29, 0.717) is 0 Å². The highest BCUT2D eigenvalue weighted by Gasteiger charge is 2.29. The number of allylic oxidation sites excluding steroid dienone is 2. The molecule has 144 valence electrons. The van der Waals surface area contributed by atoms with Gasteiger partial charge in [-0.05, 0) is 48.5 Å². The van der Waals surface area contributed by atoms with Crippen molar-refractivity contribution in [1.82, 2.24) is 0 Å². The van der Waals surface area contributed by atoms with E-state index < -0.39 is 23.9 Å². The summed E-state index contributed by atoms with van der Waals surface area (Å²) in [6.45, 7) is 0. The summed E-state index contributed by atoms with van der Waals surface area (Å²) < 4.78 is 82.3. The molecule has 0 unspecified atom stereocenters. The predicted molar refractivity (Wildman–Crippen MR) is 92.1 cm³/mol. The third-order valence-corrected chi connectivity index (χ3v) is 3.57. The Morgan fingerprint density at radius 2 is 0.926 bits per heavy atom. The Bertz CT molecular complexity index is 763. The van der Waals surface area contributed by atoms with Crippen molar-refractivity contribution in [3.8, 4) is 0 Å². The SMILES string of the molecule is FC(F)(F)C=C(OC(=CC(F)(F)F)c1ccc(Cl)cc1)c1ccc(Cl)cc1. The fourth-order valence-corrected chi connectivity index (χ4v) is 2.24. The monoisotopic (exact) mass is 426 g/mol. The summed E-state index contributed by atoms with van der Waals surface area (Å²) in [5.74, 6) is -1.63. The summed E-state index contributed by atoms with van der Waals surface area (Å²) in [5, 5.41) is 0.489. The van der Waals surface area contributed by atoms with E-state index in [9.17, 15) is 26.3 Å². The van der Waals surface area contributed by atoms with Crippen LogP contribution in [0.2, 0.25) is 10.0 Å². The Hall–Kier alpha value is -2.12. The molecule has 0 aromatic heterocycles. The summed E-state index contributed by atoms with van der Waals surface area (Å²) in [7, 11) is 0.